The summed E-state index contributed by atoms with van der Waals surface area (Å²) in [6.07, 6.45) is 3.96. The van der Waals surface area contributed by atoms with Gasteiger partial charge in [-0.3, -0.25) is 4.99 Å². The highest BCUT2D eigenvalue weighted by molar-refractivity contribution is 5.89. The molecule has 2 aromatic carbocycles. The molecular weight excluding hydrogens is 282 g/mol. The van der Waals surface area contributed by atoms with Crippen LogP contribution in [0.4, 0.5) is 0 Å². The number of nitrogens with zero attached hydrogens (tertiary/aromatic N) is 3. The maximum absolute atomic E-state index is 4.78. The summed E-state index contributed by atoms with van der Waals surface area (Å²) in [7, 11) is 0. The van der Waals surface area contributed by atoms with Gasteiger partial charge in [0.05, 0.1) is 11.2 Å². The molecule has 0 radical (unpaired) electrons. The number of hydrogen-bond acceptors (Lipinski definition) is 2. The summed E-state index contributed by atoms with van der Waals surface area (Å²) in [5.74, 6) is 0. The van der Waals surface area contributed by atoms with Crippen LogP contribution < -0.4 is 0 Å². The monoisotopic (exact) mass is 303 g/mol. The Bertz CT molecular complexity index is 794. The van der Waals surface area contributed by atoms with Crippen LogP contribution in [-0.4, -0.2) is 21.5 Å². The van der Waals surface area contributed by atoms with Crippen molar-refractivity contribution >= 4 is 6.21 Å². The highest BCUT2D eigenvalue weighted by atomic mass is 15.3. The third-order valence-corrected chi connectivity index (χ3v) is 3.40. The first-order valence-electron chi connectivity index (χ1n) is 7.79. The van der Waals surface area contributed by atoms with Crippen LogP contribution in [0.5, 0.6) is 0 Å². The molecule has 1 aromatic heterocycles. The van der Waals surface area contributed by atoms with Gasteiger partial charge in [0.15, 0.2) is 0 Å². The molecule has 0 N–H and O–H groups in total. The Balaban J connectivity index is 2.09. The summed E-state index contributed by atoms with van der Waals surface area (Å²) in [6.45, 7) is 6.27. The molecule has 0 fully saturated rings. The number of para-hydroxylation sites is 1. The van der Waals surface area contributed by atoms with Gasteiger partial charge in [0.1, 0.15) is 5.69 Å². The van der Waals surface area contributed by atoms with E-state index in [-0.39, 0.29) is 5.54 Å². The van der Waals surface area contributed by atoms with Gasteiger partial charge in [0.2, 0.25) is 0 Å². The van der Waals surface area contributed by atoms with Crippen molar-refractivity contribution in [1.29, 1.82) is 0 Å². The summed E-state index contributed by atoms with van der Waals surface area (Å²) in [4.78, 5) is 4.64. The first kappa shape index (κ1) is 15.2. The maximum atomic E-state index is 4.78. The Morgan fingerprint density at radius 1 is 0.913 bits per heavy atom. The van der Waals surface area contributed by atoms with E-state index in [0.717, 1.165) is 22.5 Å². The molecule has 0 aliphatic heterocycles. The first-order valence-corrected chi connectivity index (χ1v) is 7.79. The molecule has 3 rings (SSSR count). The summed E-state index contributed by atoms with van der Waals surface area (Å²) in [5, 5.41) is 4.78. The van der Waals surface area contributed by atoms with E-state index < -0.39 is 0 Å². The van der Waals surface area contributed by atoms with Crippen molar-refractivity contribution in [2.45, 2.75) is 26.3 Å². The molecule has 1 heterocycles. The molecule has 0 saturated carbocycles. The van der Waals surface area contributed by atoms with Crippen LogP contribution in [0.15, 0.2) is 71.9 Å². The largest absolute Gasteiger partial charge is 0.287 e. The zero-order valence-corrected chi connectivity index (χ0v) is 13.8. The number of hydrogen-bond donors (Lipinski definition) is 0. The van der Waals surface area contributed by atoms with Crippen LogP contribution in [0.3, 0.4) is 0 Å². The molecule has 116 valence electrons. The van der Waals surface area contributed by atoms with Gasteiger partial charge in [-0.05, 0) is 32.9 Å². The molecule has 3 aromatic rings. The third kappa shape index (κ3) is 3.75. The van der Waals surface area contributed by atoms with Crippen molar-refractivity contribution in [1.82, 2.24) is 9.78 Å². The second-order valence-corrected chi connectivity index (χ2v) is 6.51. The second-order valence-electron chi connectivity index (χ2n) is 6.51. The minimum atomic E-state index is -0.108. The molecule has 3 heteroatoms. The quantitative estimate of drug-likeness (QED) is 0.642. The van der Waals surface area contributed by atoms with Crippen LogP contribution in [-0.2, 0) is 0 Å². The lowest BCUT2D eigenvalue weighted by Gasteiger charge is -2.10. The van der Waals surface area contributed by atoms with E-state index in [2.05, 4.69) is 37.9 Å². The summed E-state index contributed by atoms with van der Waals surface area (Å²) in [6, 6.07) is 20.4. The van der Waals surface area contributed by atoms with E-state index >= 15 is 0 Å². The van der Waals surface area contributed by atoms with Crippen molar-refractivity contribution in [3.8, 4) is 16.9 Å². The molecule has 0 unspecified atom stereocenters. The number of aliphatic imine (C=N–C) groups is 1. The van der Waals surface area contributed by atoms with E-state index in [0.29, 0.717) is 0 Å². The second kappa shape index (κ2) is 6.21. The topological polar surface area (TPSA) is 30.2 Å². The van der Waals surface area contributed by atoms with Gasteiger partial charge in [-0.15, -0.1) is 0 Å². The van der Waals surface area contributed by atoms with Crippen LogP contribution in [0.25, 0.3) is 16.9 Å². The fourth-order valence-electron chi connectivity index (χ4n) is 2.28. The summed E-state index contributed by atoms with van der Waals surface area (Å²) >= 11 is 0. The highest BCUT2D eigenvalue weighted by Gasteiger charge is 2.12. The van der Waals surface area contributed by atoms with E-state index in [4.69, 9.17) is 5.10 Å². The van der Waals surface area contributed by atoms with Crippen molar-refractivity contribution in [2.24, 2.45) is 4.99 Å². The fraction of sp³-hybridized carbons (Fsp3) is 0.200. The van der Waals surface area contributed by atoms with Crippen LogP contribution in [0.1, 0.15) is 26.3 Å². The minimum Gasteiger partial charge on any atom is -0.287 e. The van der Waals surface area contributed by atoms with Gasteiger partial charge in [-0.1, -0.05) is 48.5 Å². The average Bonchev–Trinajstić information content (AvgIpc) is 2.98. The standard InChI is InChI=1S/C20H21N3/c1-20(2,3)21-14-17-15-23(18-12-8-5-9-13-18)22-19(17)16-10-6-4-7-11-16/h4-15H,1-3H3. The molecule has 0 atom stereocenters. The summed E-state index contributed by atoms with van der Waals surface area (Å²) < 4.78 is 1.91. The Morgan fingerprint density at radius 3 is 2.13 bits per heavy atom. The number of benzene rings is 2. The Hall–Kier alpha value is -2.68. The van der Waals surface area contributed by atoms with Crippen LogP contribution >= 0.6 is 0 Å². The minimum absolute atomic E-state index is 0.108. The third-order valence-electron chi connectivity index (χ3n) is 3.40. The molecule has 23 heavy (non-hydrogen) atoms. The van der Waals surface area contributed by atoms with Crippen molar-refractivity contribution in [3.05, 3.63) is 72.4 Å². The normalized spacial score (nSPS) is 12.0. The van der Waals surface area contributed by atoms with E-state index in [9.17, 15) is 0 Å². The Kier molecular flexibility index (Phi) is 4.11. The van der Waals surface area contributed by atoms with Gasteiger partial charge in [-0.2, -0.15) is 5.10 Å². The SMILES string of the molecule is CC(C)(C)N=Cc1cn(-c2ccccc2)nc1-c1ccccc1. The number of aromatic nitrogens is 2. The lowest BCUT2D eigenvalue weighted by Crippen LogP contribution is -2.09. The zero-order chi connectivity index (χ0) is 16.3. The molecular formula is C20H21N3. The van der Waals surface area contributed by atoms with Gasteiger partial charge >= 0.3 is 0 Å². The molecule has 0 saturated heterocycles. The van der Waals surface area contributed by atoms with Crippen LogP contribution in [0, 0.1) is 0 Å². The zero-order valence-electron chi connectivity index (χ0n) is 13.8. The van der Waals surface area contributed by atoms with Crippen LogP contribution in [0.2, 0.25) is 0 Å². The summed E-state index contributed by atoms with van der Waals surface area (Å²) in [5.41, 5.74) is 4.00. The molecule has 0 aliphatic carbocycles. The molecule has 0 spiro atoms. The van der Waals surface area contributed by atoms with Crippen molar-refractivity contribution in [3.63, 3.8) is 0 Å². The molecule has 3 nitrogen and oxygen atoms in total. The smallest absolute Gasteiger partial charge is 0.101 e. The molecule has 0 bridgehead atoms. The highest BCUT2D eigenvalue weighted by Crippen LogP contribution is 2.23. The predicted octanol–water partition coefficient (Wildman–Crippen LogP) is 4.76. The van der Waals surface area contributed by atoms with Crippen molar-refractivity contribution < 1.29 is 0 Å². The van der Waals surface area contributed by atoms with E-state index in [1.807, 2.05) is 65.6 Å². The van der Waals surface area contributed by atoms with E-state index in [1.165, 1.54) is 0 Å². The molecule has 0 aliphatic rings. The fourth-order valence-corrected chi connectivity index (χ4v) is 2.28. The number of rotatable bonds is 3. The van der Waals surface area contributed by atoms with Crippen molar-refractivity contribution in [2.75, 3.05) is 0 Å². The predicted molar refractivity (Wildman–Crippen MR) is 96.3 cm³/mol. The Morgan fingerprint density at radius 2 is 1.52 bits per heavy atom. The van der Waals surface area contributed by atoms with Gasteiger partial charge in [-0.25, -0.2) is 4.68 Å². The lowest BCUT2D eigenvalue weighted by atomic mass is 10.1. The average molecular weight is 303 g/mol. The van der Waals surface area contributed by atoms with E-state index in [1.54, 1.807) is 0 Å². The maximum Gasteiger partial charge on any atom is 0.101 e. The molecule has 0 amide bonds. The van der Waals surface area contributed by atoms with Gasteiger partial charge in [0, 0.05) is 23.5 Å². The van der Waals surface area contributed by atoms with Gasteiger partial charge in [0.25, 0.3) is 0 Å². The lowest BCUT2D eigenvalue weighted by molar-refractivity contribution is 0.586. The Labute approximate surface area is 137 Å². The van der Waals surface area contributed by atoms with Gasteiger partial charge < -0.3 is 0 Å². The first-order chi connectivity index (χ1) is 11.0.